The number of ether oxygens (including phenoxy) is 1. The third kappa shape index (κ3) is 3.31. The molecule has 0 unspecified atom stereocenters. The molecule has 5 heteroatoms. The fourth-order valence-electron chi connectivity index (χ4n) is 1.79. The van der Waals surface area contributed by atoms with Crippen molar-refractivity contribution in [2.24, 2.45) is 0 Å². The molecule has 1 N–H and O–H groups in total. The van der Waals surface area contributed by atoms with Gasteiger partial charge in [-0.15, -0.1) is 0 Å². The van der Waals surface area contributed by atoms with Gasteiger partial charge < -0.3 is 10.1 Å². The lowest BCUT2D eigenvalue weighted by atomic mass is 10.1. The fourth-order valence-corrected chi connectivity index (χ4v) is 1.79. The summed E-state index contributed by atoms with van der Waals surface area (Å²) in [6.45, 7) is 1.39. The zero-order valence-corrected chi connectivity index (χ0v) is 11.3. The SMILES string of the molecule is CNCCCOc1c(C#N)ccnc1-c1ccccn1. The molecule has 20 heavy (non-hydrogen) atoms. The standard InChI is InChI=1S/C15H16N4O/c1-17-7-4-10-20-15-12(11-16)6-9-19-14(15)13-5-2-3-8-18-13/h2-3,5-6,8-9,17H,4,7,10H2,1H3. The van der Waals surface area contributed by atoms with Crippen LogP contribution in [0.3, 0.4) is 0 Å². The molecule has 0 aliphatic heterocycles. The minimum atomic E-state index is 0.477. The van der Waals surface area contributed by atoms with Crippen LogP contribution in [0.15, 0.2) is 36.7 Å². The largest absolute Gasteiger partial charge is 0.490 e. The number of hydrogen-bond acceptors (Lipinski definition) is 5. The van der Waals surface area contributed by atoms with Gasteiger partial charge in [0.2, 0.25) is 0 Å². The monoisotopic (exact) mass is 268 g/mol. The second kappa shape index (κ2) is 7.22. The van der Waals surface area contributed by atoms with Crippen LogP contribution in [0.4, 0.5) is 0 Å². The average molecular weight is 268 g/mol. The topological polar surface area (TPSA) is 70.8 Å². The van der Waals surface area contributed by atoms with Crippen molar-refractivity contribution < 1.29 is 4.74 Å². The Morgan fingerprint density at radius 2 is 2.15 bits per heavy atom. The van der Waals surface area contributed by atoms with Crippen LogP contribution >= 0.6 is 0 Å². The van der Waals surface area contributed by atoms with E-state index in [9.17, 15) is 5.26 Å². The van der Waals surface area contributed by atoms with E-state index in [0.29, 0.717) is 29.3 Å². The number of hydrogen-bond donors (Lipinski definition) is 1. The Kier molecular flexibility index (Phi) is 5.04. The molecule has 0 spiro atoms. The zero-order valence-electron chi connectivity index (χ0n) is 11.3. The number of pyridine rings is 2. The molecule has 0 amide bonds. The van der Waals surface area contributed by atoms with E-state index < -0.39 is 0 Å². The Bertz CT molecular complexity index is 593. The summed E-state index contributed by atoms with van der Waals surface area (Å²) >= 11 is 0. The van der Waals surface area contributed by atoms with Crippen LogP contribution in [0, 0.1) is 11.3 Å². The van der Waals surface area contributed by atoms with Crippen molar-refractivity contribution in [3.05, 3.63) is 42.2 Å². The van der Waals surface area contributed by atoms with Gasteiger partial charge in [-0.05, 0) is 38.2 Å². The summed E-state index contributed by atoms with van der Waals surface area (Å²) in [5.74, 6) is 0.504. The van der Waals surface area contributed by atoms with Gasteiger partial charge >= 0.3 is 0 Å². The lowest BCUT2D eigenvalue weighted by molar-refractivity contribution is 0.309. The van der Waals surface area contributed by atoms with E-state index in [1.807, 2.05) is 25.2 Å². The normalized spacial score (nSPS) is 10.0. The molecule has 0 aliphatic rings. The Balaban J connectivity index is 2.30. The number of aromatic nitrogens is 2. The lowest BCUT2D eigenvalue weighted by Gasteiger charge is -2.11. The Labute approximate surface area is 118 Å². The van der Waals surface area contributed by atoms with Crippen LogP contribution in [-0.2, 0) is 0 Å². The van der Waals surface area contributed by atoms with Crippen molar-refractivity contribution in [1.82, 2.24) is 15.3 Å². The maximum Gasteiger partial charge on any atom is 0.164 e. The van der Waals surface area contributed by atoms with Crippen molar-refractivity contribution in [3.63, 3.8) is 0 Å². The predicted octanol–water partition coefficient (Wildman–Crippen LogP) is 2.00. The van der Waals surface area contributed by atoms with Crippen molar-refractivity contribution in [2.45, 2.75) is 6.42 Å². The van der Waals surface area contributed by atoms with Gasteiger partial charge in [-0.3, -0.25) is 9.97 Å². The molecular formula is C15H16N4O. The van der Waals surface area contributed by atoms with Crippen molar-refractivity contribution in [2.75, 3.05) is 20.2 Å². The number of nitrogens with one attached hydrogen (secondary N) is 1. The van der Waals surface area contributed by atoms with E-state index in [1.54, 1.807) is 18.5 Å². The van der Waals surface area contributed by atoms with E-state index in [0.717, 1.165) is 13.0 Å². The van der Waals surface area contributed by atoms with E-state index in [-0.39, 0.29) is 0 Å². The van der Waals surface area contributed by atoms with E-state index in [2.05, 4.69) is 21.4 Å². The minimum absolute atomic E-state index is 0.477. The van der Waals surface area contributed by atoms with Gasteiger partial charge in [0.25, 0.3) is 0 Å². The maximum absolute atomic E-state index is 9.20. The van der Waals surface area contributed by atoms with Crippen molar-refractivity contribution in [3.8, 4) is 23.2 Å². The quantitative estimate of drug-likeness (QED) is 0.811. The second-order valence-electron chi connectivity index (χ2n) is 4.17. The lowest BCUT2D eigenvalue weighted by Crippen LogP contribution is -2.12. The molecule has 0 atom stereocenters. The summed E-state index contributed by atoms with van der Waals surface area (Å²) in [6.07, 6.45) is 4.15. The van der Waals surface area contributed by atoms with Gasteiger partial charge in [-0.1, -0.05) is 6.07 Å². The first-order chi connectivity index (χ1) is 9.86. The summed E-state index contributed by atoms with van der Waals surface area (Å²) < 4.78 is 5.75. The summed E-state index contributed by atoms with van der Waals surface area (Å²) in [5, 5.41) is 12.3. The highest BCUT2D eigenvalue weighted by Gasteiger charge is 2.13. The molecule has 102 valence electrons. The Hall–Kier alpha value is -2.45. The summed E-state index contributed by atoms with van der Waals surface area (Å²) in [5.41, 5.74) is 1.78. The number of nitrogens with zero attached hydrogens (tertiary/aromatic N) is 3. The van der Waals surface area contributed by atoms with Crippen LogP contribution in [0.1, 0.15) is 12.0 Å². The minimum Gasteiger partial charge on any atom is -0.490 e. The third-order valence-electron chi connectivity index (χ3n) is 2.75. The van der Waals surface area contributed by atoms with E-state index in [4.69, 9.17) is 4.74 Å². The molecule has 0 aromatic carbocycles. The highest BCUT2D eigenvalue weighted by atomic mass is 16.5. The zero-order chi connectivity index (χ0) is 14.2. The highest BCUT2D eigenvalue weighted by Crippen LogP contribution is 2.29. The third-order valence-corrected chi connectivity index (χ3v) is 2.75. The average Bonchev–Trinajstić information content (AvgIpc) is 2.52. The highest BCUT2D eigenvalue weighted by molar-refractivity contribution is 5.66. The van der Waals surface area contributed by atoms with E-state index in [1.165, 1.54) is 0 Å². The molecule has 0 aliphatic carbocycles. The molecule has 0 saturated heterocycles. The molecule has 2 aromatic rings. The predicted molar refractivity (Wildman–Crippen MR) is 76.2 cm³/mol. The molecule has 5 nitrogen and oxygen atoms in total. The van der Waals surface area contributed by atoms with Gasteiger partial charge in [-0.25, -0.2) is 0 Å². The van der Waals surface area contributed by atoms with Gasteiger partial charge in [-0.2, -0.15) is 5.26 Å². The summed E-state index contributed by atoms with van der Waals surface area (Å²) in [4.78, 5) is 8.57. The second-order valence-corrected chi connectivity index (χ2v) is 4.17. The van der Waals surface area contributed by atoms with Crippen molar-refractivity contribution >= 4 is 0 Å². The number of rotatable bonds is 6. The molecule has 0 saturated carbocycles. The van der Waals surface area contributed by atoms with Gasteiger partial charge in [0.15, 0.2) is 5.75 Å². The summed E-state index contributed by atoms with van der Waals surface area (Å²) in [7, 11) is 1.89. The van der Waals surface area contributed by atoms with E-state index >= 15 is 0 Å². The van der Waals surface area contributed by atoms with Crippen LogP contribution < -0.4 is 10.1 Å². The van der Waals surface area contributed by atoms with Crippen LogP contribution in [0.5, 0.6) is 5.75 Å². The number of nitriles is 1. The first kappa shape index (κ1) is 14.0. The van der Waals surface area contributed by atoms with Crippen molar-refractivity contribution in [1.29, 1.82) is 5.26 Å². The Morgan fingerprint density at radius 1 is 1.25 bits per heavy atom. The molecular weight excluding hydrogens is 252 g/mol. The molecule has 0 radical (unpaired) electrons. The van der Waals surface area contributed by atoms with Crippen LogP contribution in [0.2, 0.25) is 0 Å². The van der Waals surface area contributed by atoms with Gasteiger partial charge in [0.1, 0.15) is 11.8 Å². The van der Waals surface area contributed by atoms with Gasteiger partial charge in [0, 0.05) is 12.4 Å². The molecule has 0 bridgehead atoms. The smallest absolute Gasteiger partial charge is 0.164 e. The maximum atomic E-state index is 9.20. The molecule has 2 heterocycles. The molecule has 2 rings (SSSR count). The van der Waals surface area contributed by atoms with Crippen LogP contribution in [-0.4, -0.2) is 30.2 Å². The van der Waals surface area contributed by atoms with Gasteiger partial charge in [0.05, 0.1) is 17.9 Å². The Morgan fingerprint density at radius 3 is 2.85 bits per heavy atom. The molecule has 0 fully saturated rings. The molecule has 2 aromatic heterocycles. The van der Waals surface area contributed by atoms with Crippen LogP contribution in [0.25, 0.3) is 11.4 Å². The summed E-state index contributed by atoms with van der Waals surface area (Å²) in [6, 6.07) is 9.36. The first-order valence-corrected chi connectivity index (χ1v) is 6.44. The first-order valence-electron chi connectivity index (χ1n) is 6.44. The fraction of sp³-hybridized carbons (Fsp3) is 0.267.